The first-order chi connectivity index (χ1) is 10.3. The molecule has 0 unspecified atom stereocenters. The number of hydrogen-bond donors (Lipinski definition) is 0. The first-order valence-electron chi connectivity index (χ1n) is 6.77. The second-order valence-electron chi connectivity index (χ2n) is 4.72. The molecule has 0 N–H and O–H groups in total. The van der Waals surface area contributed by atoms with Gasteiger partial charge in [0.2, 0.25) is 0 Å². The molecule has 0 saturated carbocycles. The van der Waals surface area contributed by atoms with Gasteiger partial charge in [-0.05, 0) is 12.0 Å². The summed E-state index contributed by atoms with van der Waals surface area (Å²) in [6, 6.07) is 10.2. The maximum Gasteiger partial charge on any atom is 0.142 e. The lowest BCUT2D eigenvalue weighted by atomic mass is 10.1. The van der Waals surface area contributed by atoms with Crippen LogP contribution in [0.4, 0.5) is 0 Å². The molecule has 0 fully saturated rings. The predicted octanol–water partition coefficient (Wildman–Crippen LogP) is 4.59. The number of aryl methyl sites for hydroxylation is 1. The number of fused-ring (bicyclic) bond motifs is 1. The fourth-order valence-corrected chi connectivity index (χ4v) is 3.57. The van der Waals surface area contributed by atoms with Crippen molar-refractivity contribution in [1.29, 1.82) is 0 Å². The van der Waals surface area contributed by atoms with E-state index in [1.54, 1.807) is 18.4 Å². The molecule has 0 radical (unpaired) electrons. The lowest BCUT2D eigenvalue weighted by molar-refractivity contribution is 0.194. The standard InChI is InChI=1S/C16H15ClN2OS/c1-20-9-5-8-13-18-15(17)14-12(10-21-16(14)19-13)11-6-3-2-4-7-11/h2-4,6-7,10H,5,8-9H2,1H3. The van der Waals surface area contributed by atoms with Gasteiger partial charge in [0.05, 0.1) is 5.39 Å². The van der Waals surface area contributed by atoms with E-state index in [9.17, 15) is 0 Å². The number of thiophene rings is 1. The molecule has 0 aliphatic heterocycles. The maximum absolute atomic E-state index is 6.40. The minimum Gasteiger partial charge on any atom is -0.385 e. The van der Waals surface area contributed by atoms with E-state index < -0.39 is 0 Å². The summed E-state index contributed by atoms with van der Waals surface area (Å²) >= 11 is 8.01. The normalized spacial score (nSPS) is 11.1. The second kappa shape index (κ2) is 6.52. The number of nitrogens with zero attached hydrogens (tertiary/aromatic N) is 2. The fourth-order valence-electron chi connectivity index (χ4n) is 2.26. The van der Waals surface area contributed by atoms with Gasteiger partial charge in [0.1, 0.15) is 15.8 Å². The lowest BCUT2D eigenvalue weighted by Gasteiger charge is -2.04. The van der Waals surface area contributed by atoms with E-state index in [1.165, 1.54) is 0 Å². The average Bonchev–Trinajstić information content (AvgIpc) is 2.93. The molecular formula is C16H15ClN2OS. The highest BCUT2D eigenvalue weighted by atomic mass is 35.5. The third kappa shape index (κ3) is 3.07. The summed E-state index contributed by atoms with van der Waals surface area (Å²) in [5.41, 5.74) is 2.24. The summed E-state index contributed by atoms with van der Waals surface area (Å²) in [4.78, 5) is 10.0. The van der Waals surface area contributed by atoms with Crippen LogP contribution in [0.15, 0.2) is 35.7 Å². The van der Waals surface area contributed by atoms with Crippen molar-refractivity contribution in [1.82, 2.24) is 9.97 Å². The predicted molar refractivity (Wildman–Crippen MR) is 88.1 cm³/mol. The van der Waals surface area contributed by atoms with Crippen LogP contribution in [-0.4, -0.2) is 23.7 Å². The zero-order valence-corrected chi connectivity index (χ0v) is 13.2. The SMILES string of the molecule is COCCCc1nc(Cl)c2c(-c3ccccc3)csc2n1. The van der Waals surface area contributed by atoms with Crippen molar-refractivity contribution >= 4 is 33.2 Å². The second-order valence-corrected chi connectivity index (χ2v) is 5.94. The Morgan fingerprint density at radius 3 is 2.76 bits per heavy atom. The fraction of sp³-hybridized carbons (Fsp3) is 0.250. The quantitative estimate of drug-likeness (QED) is 0.510. The summed E-state index contributed by atoms with van der Waals surface area (Å²) in [5, 5.41) is 3.58. The van der Waals surface area contributed by atoms with Crippen LogP contribution in [0.1, 0.15) is 12.2 Å². The van der Waals surface area contributed by atoms with Crippen molar-refractivity contribution in [3.8, 4) is 11.1 Å². The number of methoxy groups -OCH3 is 1. The molecule has 2 aromatic heterocycles. The molecule has 0 aliphatic carbocycles. The Hall–Kier alpha value is -1.49. The molecular weight excluding hydrogens is 304 g/mol. The van der Waals surface area contributed by atoms with Gasteiger partial charge in [-0.25, -0.2) is 9.97 Å². The lowest BCUT2D eigenvalue weighted by Crippen LogP contribution is -1.98. The molecule has 0 bridgehead atoms. The van der Waals surface area contributed by atoms with Gasteiger partial charge in [0.15, 0.2) is 0 Å². The molecule has 21 heavy (non-hydrogen) atoms. The average molecular weight is 319 g/mol. The Balaban J connectivity index is 1.99. The molecule has 0 atom stereocenters. The molecule has 0 spiro atoms. The van der Waals surface area contributed by atoms with Gasteiger partial charge in [-0.3, -0.25) is 0 Å². The van der Waals surface area contributed by atoms with Crippen molar-refractivity contribution in [2.45, 2.75) is 12.8 Å². The molecule has 0 saturated heterocycles. The molecule has 2 heterocycles. The summed E-state index contributed by atoms with van der Waals surface area (Å²) in [5.74, 6) is 0.783. The van der Waals surface area contributed by atoms with E-state index in [4.69, 9.17) is 16.3 Å². The van der Waals surface area contributed by atoms with E-state index in [1.807, 2.05) is 18.2 Å². The van der Waals surface area contributed by atoms with Crippen molar-refractivity contribution < 1.29 is 4.74 Å². The van der Waals surface area contributed by atoms with Crippen LogP contribution in [0.25, 0.3) is 21.3 Å². The van der Waals surface area contributed by atoms with Crippen LogP contribution in [0.5, 0.6) is 0 Å². The molecule has 1 aromatic carbocycles. The highest BCUT2D eigenvalue weighted by Gasteiger charge is 2.13. The minimum absolute atomic E-state index is 0.535. The smallest absolute Gasteiger partial charge is 0.142 e. The zero-order chi connectivity index (χ0) is 14.7. The Morgan fingerprint density at radius 1 is 1.19 bits per heavy atom. The number of halogens is 1. The van der Waals surface area contributed by atoms with Gasteiger partial charge in [0.25, 0.3) is 0 Å². The van der Waals surface area contributed by atoms with Crippen LogP contribution in [0.2, 0.25) is 5.15 Å². The number of benzene rings is 1. The van der Waals surface area contributed by atoms with E-state index in [-0.39, 0.29) is 0 Å². The number of ether oxygens (including phenoxy) is 1. The summed E-state index contributed by atoms with van der Waals surface area (Å²) in [7, 11) is 1.70. The van der Waals surface area contributed by atoms with Crippen molar-refractivity contribution in [2.75, 3.05) is 13.7 Å². The molecule has 3 aromatic rings. The van der Waals surface area contributed by atoms with E-state index in [2.05, 4.69) is 27.5 Å². The van der Waals surface area contributed by atoms with Gasteiger partial charge in [0, 0.05) is 31.1 Å². The van der Waals surface area contributed by atoms with Crippen molar-refractivity contribution in [3.63, 3.8) is 0 Å². The molecule has 3 nitrogen and oxygen atoms in total. The van der Waals surface area contributed by atoms with Gasteiger partial charge in [-0.2, -0.15) is 0 Å². The van der Waals surface area contributed by atoms with E-state index >= 15 is 0 Å². The van der Waals surface area contributed by atoms with Crippen molar-refractivity contribution in [2.24, 2.45) is 0 Å². The molecule has 0 amide bonds. The van der Waals surface area contributed by atoms with Crippen LogP contribution in [0, 0.1) is 0 Å². The van der Waals surface area contributed by atoms with Gasteiger partial charge in [-0.15, -0.1) is 11.3 Å². The van der Waals surface area contributed by atoms with E-state index in [0.717, 1.165) is 40.0 Å². The highest BCUT2D eigenvalue weighted by Crippen LogP contribution is 2.36. The number of aromatic nitrogens is 2. The topological polar surface area (TPSA) is 35.0 Å². The Kier molecular flexibility index (Phi) is 4.48. The van der Waals surface area contributed by atoms with Crippen LogP contribution < -0.4 is 0 Å². The Labute approximate surface area is 132 Å². The zero-order valence-electron chi connectivity index (χ0n) is 11.7. The first kappa shape index (κ1) is 14.4. The summed E-state index contributed by atoms with van der Waals surface area (Å²) in [6.45, 7) is 0.707. The minimum atomic E-state index is 0.535. The largest absolute Gasteiger partial charge is 0.385 e. The Morgan fingerprint density at radius 2 is 2.00 bits per heavy atom. The van der Waals surface area contributed by atoms with Crippen molar-refractivity contribution in [3.05, 3.63) is 46.7 Å². The van der Waals surface area contributed by atoms with Crippen LogP contribution in [-0.2, 0) is 11.2 Å². The number of hydrogen-bond acceptors (Lipinski definition) is 4. The first-order valence-corrected chi connectivity index (χ1v) is 8.03. The monoisotopic (exact) mass is 318 g/mol. The third-order valence-corrected chi connectivity index (χ3v) is 4.42. The van der Waals surface area contributed by atoms with Gasteiger partial charge >= 0.3 is 0 Å². The third-order valence-electron chi connectivity index (χ3n) is 3.27. The van der Waals surface area contributed by atoms with Gasteiger partial charge in [-0.1, -0.05) is 41.9 Å². The summed E-state index contributed by atoms with van der Waals surface area (Å²) in [6.07, 6.45) is 1.68. The Bertz CT molecular complexity index is 743. The summed E-state index contributed by atoms with van der Waals surface area (Å²) < 4.78 is 5.06. The maximum atomic E-state index is 6.40. The molecule has 0 aliphatic rings. The molecule has 3 rings (SSSR count). The molecule has 5 heteroatoms. The van der Waals surface area contributed by atoms with Crippen LogP contribution in [0.3, 0.4) is 0 Å². The highest BCUT2D eigenvalue weighted by molar-refractivity contribution is 7.17. The van der Waals surface area contributed by atoms with Gasteiger partial charge < -0.3 is 4.74 Å². The number of rotatable bonds is 5. The molecule has 108 valence electrons. The van der Waals surface area contributed by atoms with E-state index in [0.29, 0.717) is 11.8 Å². The van der Waals surface area contributed by atoms with Crippen LogP contribution >= 0.6 is 22.9 Å².